The van der Waals surface area contributed by atoms with Crippen molar-refractivity contribution in [1.82, 2.24) is 5.32 Å². The number of aliphatic hydroxyl groups is 1. The van der Waals surface area contributed by atoms with Gasteiger partial charge in [-0.15, -0.1) is 0 Å². The Hall–Kier alpha value is -1.16. The second kappa shape index (κ2) is 7.43. The third kappa shape index (κ3) is 4.78. The lowest BCUT2D eigenvalue weighted by Crippen LogP contribution is -2.34. The van der Waals surface area contributed by atoms with Gasteiger partial charge in [-0.05, 0) is 29.7 Å². The first-order chi connectivity index (χ1) is 9.28. The van der Waals surface area contributed by atoms with Gasteiger partial charge in [-0.2, -0.15) is 0 Å². The number of halogens is 1. The van der Waals surface area contributed by atoms with Crippen molar-refractivity contribution in [2.75, 3.05) is 6.61 Å². The van der Waals surface area contributed by atoms with E-state index in [1.54, 1.807) is 0 Å². The van der Waals surface area contributed by atoms with Crippen LogP contribution in [0.5, 0.6) is 0 Å². The van der Waals surface area contributed by atoms with Gasteiger partial charge in [0, 0.05) is 17.1 Å². The first-order valence-corrected chi connectivity index (χ1v) is 7.20. The molecule has 0 saturated heterocycles. The number of hydrogen-bond donors (Lipinski definition) is 2. The maximum absolute atomic E-state index is 9.45. The second-order valence-electron chi connectivity index (χ2n) is 4.58. The molecule has 2 aromatic rings. The Morgan fingerprint density at radius 3 is 2.42 bits per heavy atom. The van der Waals surface area contributed by atoms with E-state index in [2.05, 4.69) is 45.5 Å². The molecule has 0 aliphatic rings. The second-order valence-corrected chi connectivity index (χ2v) is 5.50. The molecule has 0 fully saturated rings. The van der Waals surface area contributed by atoms with Crippen LogP contribution >= 0.6 is 15.9 Å². The van der Waals surface area contributed by atoms with E-state index in [0.29, 0.717) is 0 Å². The Morgan fingerprint density at radius 1 is 1.00 bits per heavy atom. The zero-order chi connectivity index (χ0) is 13.5. The minimum Gasteiger partial charge on any atom is -0.395 e. The van der Waals surface area contributed by atoms with Gasteiger partial charge in [0.2, 0.25) is 0 Å². The summed E-state index contributed by atoms with van der Waals surface area (Å²) in [5.41, 5.74) is 2.45. The fourth-order valence-electron chi connectivity index (χ4n) is 2.01. The largest absolute Gasteiger partial charge is 0.395 e. The van der Waals surface area contributed by atoms with Crippen LogP contribution in [0.25, 0.3) is 0 Å². The van der Waals surface area contributed by atoms with Crippen LogP contribution < -0.4 is 5.32 Å². The predicted octanol–water partition coefficient (Wildman–Crippen LogP) is 3.14. The van der Waals surface area contributed by atoms with Crippen LogP contribution in [-0.4, -0.2) is 17.8 Å². The standard InChI is InChI=1S/C16H18BrNO/c17-15-8-4-7-14(9-15)11-18-16(12-19)10-13-5-2-1-3-6-13/h1-9,16,18-19H,10-12H2/t16-/m1/s1. The van der Waals surface area contributed by atoms with Crippen LogP contribution in [0.15, 0.2) is 59.1 Å². The van der Waals surface area contributed by atoms with Crippen molar-refractivity contribution in [3.63, 3.8) is 0 Å². The molecule has 3 heteroatoms. The Balaban J connectivity index is 1.89. The normalized spacial score (nSPS) is 12.3. The molecule has 2 rings (SSSR count). The first-order valence-electron chi connectivity index (χ1n) is 6.40. The van der Waals surface area contributed by atoms with Crippen molar-refractivity contribution in [1.29, 1.82) is 0 Å². The highest BCUT2D eigenvalue weighted by atomic mass is 79.9. The molecule has 2 N–H and O–H groups in total. The molecule has 1 atom stereocenters. The molecule has 0 unspecified atom stereocenters. The van der Waals surface area contributed by atoms with E-state index in [4.69, 9.17) is 0 Å². The molecule has 0 bridgehead atoms. The smallest absolute Gasteiger partial charge is 0.0587 e. The van der Waals surface area contributed by atoms with Gasteiger partial charge in [-0.3, -0.25) is 0 Å². The number of benzene rings is 2. The molecular weight excluding hydrogens is 302 g/mol. The number of aliphatic hydroxyl groups excluding tert-OH is 1. The highest BCUT2D eigenvalue weighted by molar-refractivity contribution is 9.10. The van der Waals surface area contributed by atoms with Crippen molar-refractivity contribution in [2.45, 2.75) is 19.0 Å². The summed E-state index contributed by atoms with van der Waals surface area (Å²) in [6, 6.07) is 18.5. The summed E-state index contributed by atoms with van der Waals surface area (Å²) < 4.78 is 1.08. The quantitative estimate of drug-likeness (QED) is 0.857. The van der Waals surface area contributed by atoms with E-state index >= 15 is 0 Å². The molecule has 0 aromatic heterocycles. The third-order valence-corrected chi connectivity index (χ3v) is 3.52. The van der Waals surface area contributed by atoms with Crippen molar-refractivity contribution in [2.24, 2.45) is 0 Å². The lowest BCUT2D eigenvalue weighted by atomic mass is 10.1. The van der Waals surface area contributed by atoms with E-state index in [1.807, 2.05) is 30.3 Å². The summed E-state index contributed by atoms with van der Waals surface area (Å²) in [7, 11) is 0. The Morgan fingerprint density at radius 2 is 1.74 bits per heavy atom. The van der Waals surface area contributed by atoms with Gasteiger partial charge >= 0.3 is 0 Å². The molecule has 0 aliphatic carbocycles. The SMILES string of the molecule is OC[C@@H](Cc1ccccc1)NCc1cccc(Br)c1. The molecule has 0 radical (unpaired) electrons. The van der Waals surface area contributed by atoms with Crippen LogP contribution in [0.4, 0.5) is 0 Å². The van der Waals surface area contributed by atoms with Crippen molar-refractivity contribution < 1.29 is 5.11 Å². The molecule has 0 aliphatic heterocycles. The topological polar surface area (TPSA) is 32.3 Å². The molecule has 19 heavy (non-hydrogen) atoms. The van der Waals surface area contributed by atoms with Crippen LogP contribution in [0, 0.1) is 0 Å². The molecule has 2 aromatic carbocycles. The van der Waals surface area contributed by atoms with Crippen molar-refractivity contribution in [3.8, 4) is 0 Å². The zero-order valence-corrected chi connectivity index (χ0v) is 12.3. The van der Waals surface area contributed by atoms with Gasteiger partial charge in [0.25, 0.3) is 0 Å². The Kier molecular flexibility index (Phi) is 5.58. The van der Waals surface area contributed by atoms with Gasteiger partial charge in [0.15, 0.2) is 0 Å². The summed E-state index contributed by atoms with van der Waals surface area (Å²) >= 11 is 3.46. The lowest BCUT2D eigenvalue weighted by molar-refractivity contribution is 0.241. The van der Waals surface area contributed by atoms with Crippen LogP contribution in [-0.2, 0) is 13.0 Å². The summed E-state index contributed by atoms with van der Waals surface area (Å²) in [6.45, 7) is 0.903. The summed E-state index contributed by atoms with van der Waals surface area (Å²) in [5, 5.41) is 12.8. The molecule has 0 heterocycles. The van der Waals surface area contributed by atoms with E-state index in [9.17, 15) is 5.11 Å². The van der Waals surface area contributed by atoms with Gasteiger partial charge in [-0.1, -0.05) is 58.4 Å². The van der Waals surface area contributed by atoms with E-state index < -0.39 is 0 Å². The van der Waals surface area contributed by atoms with E-state index in [1.165, 1.54) is 11.1 Å². The number of rotatable bonds is 6. The average Bonchev–Trinajstić information content (AvgIpc) is 2.44. The van der Waals surface area contributed by atoms with Gasteiger partial charge < -0.3 is 10.4 Å². The summed E-state index contributed by atoms with van der Waals surface area (Å²) in [4.78, 5) is 0. The first kappa shape index (κ1) is 14.3. The minimum absolute atomic E-state index is 0.0846. The van der Waals surface area contributed by atoms with Crippen molar-refractivity contribution in [3.05, 3.63) is 70.2 Å². The Bertz CT molecular complexity index is 501. The van der Waals surface area contributed by atoms with Gasteiger partial charge in [0.1, 0.15) is 0 Å². The maximum atomic E-state index is 9.45. The fraction of sp³-hybridized carbons (Fsp3) is 0.250. The fourth-order valence-corrected chi connectivity index (χ4v) is 2.46. The van der Waals surface area contributed by atoms with Crippen molar-refractivity contribution >= 4 is 15.9 Å². The van der Waals surface area contributed by atoms with Crippen LogP contribution in [0.2, 0.25) is 0 Å². The average molecular weight is 320 g/mol. The van der Waals surface area contributed by atoms with Gasteiger partial charge in [-0.25, -0.2) is 0 Å². The molecular formula is C16H18BrNO. The lowest BCUT2D eigenvalue weighted by Gasteiger charge is -2.16. The molecule has 0 amide bonds. The predicted molar refractivity (Wildman–Crippen MR) is 82.0 cm³/mol. The highest BCUT2D eigenvalue weighted by Gasteiger charge is 2.07. The maximum Gasteiger partial charge on any atom is 0.0587 e. The summed E-state index contributed by atoms with van der Waals surface area (Å²) in [6.07, 6.45) is 0.839. The van der Waals surface area contributed by atoms with E-state index in [-0.39, 0.29) is 12.6 Å². The molecule has 0 spiro atoms. The third-order valence-electron chi connectivity index (χ3n) is 3.03. The highest BCUT2D eigenvalue weighted by Crippen LogP contribution is 2.12. The molecule has 0 saturated carbocycles. The van der Waals surface area contributed by atoms with Gasteiger partial charge in [0.05, 0.1) is 6.61 Å². The zero-order valence-electron chi connectivity index (χ0n) is 10.7. The molecule has 2 nitrogen and oxygen atoms in total. The summed E-state index contributed by atoms with van der Waals surface area (Å²) in [5.74, 6) is 0. The van der Waals surface area contributed by atoms with Crippen LogP contribution in [0.1, 0.15) is 11.1 Å². The van der Waals surface area contributed by atoms with E-state index in [0.717, 1.165) is 17.4 Å². The number of nitrogens with one attached hydrogen (secondary N) is 1. The molecule has 100 valence electrons. The Labute approximate surface area is 122 Å². The monoisotopic (exact) mass is 319 g/mol. The van der Waals surface area contributed by atoms with Crippen LogP contribution in [0.3, 0.4) is 0 Å². The number of hydrogen-bond acceptors (Lipinski definition) is 2. The minimum atomic E-state index is 0.0846.